The molecule has 0 saturated carbocycles. The van der Waals surface area contributed by atoms with Gasteiger partial charge < -0.3 is 10.1 Å². The summed E-state index contributed by atoms with van der Waals surface area (Å²) in [7, 11) is 1.24. The van der Waals surface area contributed by atoms with Crippen molar-refractivity contribution in [1.82, 2.24) is 5.32 Å². The molecule has 1 aromatic carbocycles. The van der Waals surface area contributed by atoms with Crippen LogP contribution in [0.25, 0.3) is 0 Å². The first-order chi connectivity index (χ1) is 11.1. The third kappa shape index (κ3) is 5.64. The van der Waals surface area contributed by atoms with E-state index >= 15 is 0 Å². The fraction of sp³-hybridized carbons (Fsp3) is 0.579. The number of carbonyl (C=O) groups excluding carboxylic acids is 2. The van der Waals surface area contributed by atoms with Crippen LogP contribution in [0.15, 0.2) is 24.3 Å². The zero-order valence-corrected chi connectivity index (χ0v) is 15.8. The first kappa shape index (κ1) is 20.2. The molecule has 0 radical (unpaired) electrons. The van der Waals surface area contributed by atoms with Crippen molar-refractivity contribution >= 4 is 12.0 Å². The van der Waals surface area contributed by atoms with Crippen molar-refractivity contribution < 1.29 is 19.6 Å². The molecule has 5 heteroatoms. The van der Waals surface area contributed by atoms with Gasteiger partial charge in [0.25, 0.3) is 5.91 Å². The summed E-state index contributed by atoms with van der Waals surface area (Å²) in [5.74, 6) is -0.00215. The number of quaternary nitrogens is 1. The first-order valence-electron chi connectivity index (χ1n) is 8.40. The van der Waals surface area contributed by atoms with Gasteiger partial charge in [-0.05, 0) is 17.9 Å². The average Bonchev–Trinajstić information content (AvgIpc) is 2.51. The molecule has 0 heterocycles. The minimum atomic E-state index is -0.726. The number of methoxy groups -OCH3 is 1. The summed E-state index contributed by atoms with van der Waals surface area (Å²) in [4.78, 5) is 23.2. The van der Waals surface area contributed by atoms with Crippen molar-refractivity contribution in [3.8, 4) is 0 Å². The Morgan fingerprint density at radius 2 is 1.62 bits per heavy atom. The molecule has 0 fully saturated rings. The maximum atomic E-state index is 12.0. The second kappa shape index (κ2) is 8.29. The molecule has 0 spiro atoms. The molecule has 2 atom stereocenters. The van der Waals surface area contributed by atoms with Crippen LogP contribution in [0.4, 0.5) is 4.79 Å². The van der Waals surface area contributed by atoms with Crippen LogP contribution < -0.4 is 10.6 Å². The van der Waals surface area contributed by atoms with Crippen LogP contribution >= 0.6 is 0 Å². The molecule has 2 amide bonds. The van der Waals surface area contributed by atoms with Gasteiger partial charge in [0, 0.05) is 11.5 Å². The number of amides is 2. The second-order valence-corrected chi connectivity index (χ2v) is 7.60. The van der Waals surface area contributed by atoms with Crippen LogP contribution in [0.2, 0.25) is 0 Å². The lowest BCUT2D eigenvalue weighted by Crippen LogP contribution is -2.93. The van der Waals surface area contributed by atoms with Gasteiger partial charge in [0.15, 0.2) is 6.04 Å². The summed E-state index contributed by atoms with van der Waals surface area (Å²) in [5, 5.41) is 4.22. The van der Waals surface area contributed by atoms with Crippen LogP contribution in [0.1, 0.15) is 58.7 Å². The highest BCUT2D eigenvalue weighted by Crippen LogP contribution is 2.25. The van der Waals surface area contributed by atoms with Gasteiger partial charge in [-0.15, -0.1) is 0 Å². The molecule has 0 bridgehead atoms. The van der Waals surface area contributed by atoms with E-state index in [0.29, 0.717) is 5.92 Å². The molecule has 1 rings (SSSR count). The standard InChI is InChI=1S/C19H30N2O3/c1-12(2)16(20-13(3)17(22)21-18(23)24-7)14-8-10-15(11-9-14)19(4,5)6/h8-13,16,20H,1-7H3,(H,21,22,23)/p+1/t13-,16+/m0/s1. The van der Waals surface area contributed by atoms with Crippen molar-refractivity contribution in [2.24, 2.45) is 5.92 Å². The lowest BCUT2D eigenvalue weighted by atomic mass is 9.85. The molecule has 0 saturated heterocycles. The summed E-state index contributed by atoms with van der Waals surface area (Å²) in [6.45, 7) is 12.6. The van der Waals surface area contributed by atoms with Gasteiger partial charge in [-0.3, -0.25) is 10.1 Å². The minimum Gasteiger partial charge on any atom is -0.453 e. The zero-order valence-electron chi connectivity index (χ0n) is 15.8. The predicted molar refractivity (Wildman–Crippen MR) is 94.7 cm³/mol. The van der Waals surface area contributed by atoms with E-state index < -0.39 is 12.1 Å². The van der Waals surface area contributed by atoms with E-state index in [0.717, 1.165) is 0 Å². The van der Waals surface area contributed by atoms with Gasteiger partial charge in [-0.1, -0.05) is 58.9 Å². The number of rotatable bonds is 5. The first-order valence-corrected chi connectivity index (χ1v) is 8.40. The smallest absolute Gasteiger partial charge is 0.413 e. The Hall–Kier alpha value is -1.88. The largest absolute Gasteiger partial charge is 0.453 e. The Morgan fingerprint density at radius 1 is 1.08 bits per heavy atom. The summed E-state index contributed by atoms with van der Waals surface area (Å²) in [6.07, 6.45) is -0.726. The fourth-order valence-corrected chi connectivity index (χ4v) is 2.59. The highest BCUT2D eigenvalue weighted by atomic mass is 16.5. The van der Waals surface area contributed by atoms with Crippen LogP contribution in [0.5, 0.6) is 0 Å². The molecule has 24 heavy (non-hydrogen) atoms. The van der Waals surface area contributed by atoms with E-state index in [1.165, 1.54) is 18.2 Å². The summed E-state index contributed by atoms with van der Waals surface area (Å²) >= 11 is 0. The molecular weight excluding hydrogens is 304 g/mol. The van der Waals surface area contributed by atoms with E-state index in [1.54, 1.807) is 6.92 Å². The lowest BCUT2D eigenvalue weighted by Gasteiger charge is -2.24. The summed E-state index contributed by atoms with van der Waals surface area (Å²) in [6, 6.07) is 8.31. The SMILES string of the molecule is COC(=O)NC(=O)[C@H](C)[NH2+][C@@H](c1ccc(C(C)(C)C)cc1)C(C)C. The summed E-state index contributed by atoms with van der Waals surface area (Å²) in [5.41, 5.74) is 2.57. The van der Waals surface area contributed by atoms with Crippen molar-refractivity contribution in [2.45, 2.75) is 59.0 Å². The highest BCUT2D eigenvalue weighted by molar-refractivity contribution is 5.93. The van der Waals surface area contributed by atoms with Gasteiger partial charge in [0.05, 0.1) is 7.11 Å². The molecule has 1 aromatic rings. The Labute approximate surface area is 145 Å². The average molecular weight is 335 g/mol. The number of hydrogen-bond donors (Lipinski definition) is 2. The van der Waals surface area contributed by atoms with Gasteiger partial charge in [-0.25, -0.2) is 4.79 Å². The lowest BCUT2D eigenvalue weighted by molar-refractivity contribution is -0.719. The molecule has 0 aromatic heterocycles. The number of imide groups is 1. The Morgan fingerprint density at radius 3 is 2.04 bits per heavy atom. The van der Waals surface area contributed by atoms with Crippen LogP contribution in [0, 0.1) is 5.92 Å². The monoisotopic (exact) mass is 335 g/mol. The van der Waals surface area contributed by atoms with Gasteiger partial charge in [0.2, 0.25) is 0 Å². The third-order valence-electron chi connectivity index (χ3n) is 4.20. The topological polar surface area (TPSA) is 72.0 Å². The number of hydrogen-bond acceptors (Lipinski definition) is 3. The van der Waals surface area contributed by atoms with Gasteiger partial charge in [0.1, 0.15) is 6.04 Å². The Balaban J connectivity index is 2.87. The third-order valence-corrected chi connectivity index (χ3v) is 4.20. The number of benzene rings is 1. The van der Waals surface area contributed by atoms with E-state index in [2.05, 4.69) is 68.9 Å². The molecule has 3 N–H and O–H groups in total. The molecule has 0 aliphatic heterocycles. The van der Waals surface area contributed by atoms with E-state index in [1.807, 2.05) is 5.32 Å². The molecule has 0 aliphatic carbocycles. The van der Waals surface area contributed by atoms with Gasteiger partial charge in [-0.2, -0.15) is 0 Å². The number of alkyl carbamates (subject to hydrolysis) is 1. The predicted octanol–water partition coefficient (Wildman–Crippen LogP) is 2.52. The molecule has 0 unspecified atom stereocenters. The number of nitrogens with one attached hydrogen (secondary N) is 1. The molecule has 0 aliphatic rings. The Bertz CT molecular complexity index is 559. The van der Waals surface area contributed by atoms with Crippen molar-refractivity contribution in [1.29, 1.82) is 0 Å². The van der Waals surface area contributed by atoms with Crippen molar-refractivity contribution in [2.75, 3.05) is 7.11 Å². The maximum absolute atomic E-state index is 12.0. The van der Waals surface area contributed by atoms with Crippen molar-refractivity contribution in [3.63, 3.8) is 0 Å². The number of ether oxygens (including phenoxy) is 1. The van der Waals surface area contributed by atoms with E-state index in [-0.39, 0.29) is 17.4 Å². The second-order valence-electron chi connectivity index (χ2n) is 7.60. The Kier molecular flexibility index (Phi) is 6.96. The number of nitrogens with two attached hydrogens (primary N) is 1. The van der Waals surface area contributed by atoms with Crippen molar-refractivity contribution in [3.05, 3.63) is 35.4 Å². The normalized spacial score (nSPS) is 14.2. The van der Waals surface area contributed by atoms with Crippen LogP contribution in [-0.2, 0) is 14.9 Å². The minimum absolute atomic E-state index is 0.114. The summed E-state index contributed by atoms with van der Waals surface area (Å²) < 4.78 is 4.47. The van der Waals surface area contributed by atoms with Crippen LogP contribution in [-0.4, -0.2) is 25.2 Å². The molecule has 5 nitrogen and oxygen atoms in total. The molecule has 134 valence electrons. The maximum Gasteiger partial charge on any atom is 0.413 e. The quantitative estimate of drug-likeness (QED) is 0.868. The number of carbonyl (C=O) groups is 2. The highest BCUT2D eigenvalue weighted by Gasteiger charge is 2.27. The molecular formula is C19H31N2O3+. The van der Waals surface area contributed by atoms with E-state index in [4.69, 9.17) is 0 Å². The van der Waals surface area contributed by atoms with Crippen LogP contribution in [0.3, 0.4) is 0 Å². The van der Waals surface area contributed by atoms with E-state index in [9.17, 15) is 9.59 Å². The fourth-order valence-electron chi connectivity index (χ4n) is 2.59. The van der Waals surface area contributed by atoms with Gasteiger partial charge >= 0.3 is 6.09 Å². The zero-order chi connectivity index (χ0) is 18.5.